The molecule has 1 fully saturated rings. The lowest BCUT2D eigenvalue weighted by Gasteiger charge is -2.31. The third kappa shape index (κ3) is 2.50. The summed E-state index contributed by atoms with van der Waals surface area (Å²) in [6, 6.07) is 0.401. The molecule has 2 heteroatoms. The van der Waals surface area contributed by atoms with E-state index in [0.29, 0.717) is 12.5 Å². The highest BCUT2D eigenvalue weighted by atomic mass is 16.1. The standard InChI is InChI=1S/C10H19NO/c1-3-5-10(12)11-8(2)9-6-4-7-9/h8-9H,3-7H2,1-2H3,(H,11,12). The van der Waals surface area contributed by atoms with Crippen molar-refractivity contribution >= 4 is 5.91 Å². The molecule has 0 bridgehead atoms. The number of hydrogen-bond acceptors (Lipinski definition) is 1. The van der Waals surface area contributed by atoms with Gasteiger partial charge in [0.15, 0.2) is 0 Å². The fraction of sp³-hybridized carbons (Fsp3) is 0.900. The lowest BCUT2D eigenvalue weighted by Crippen LogP contribution is -2.40. The van der Waals surface area contributed by atoms with E-state index in [1.807, 2.05) is 6.92 Å². The van der Waals surface area contributed by atoms with Crippen LogP contribution in [0.5, 0.6) is 0 Å². The van der Waals surface area contributed by atoms with E-state index in [-0.39, 0.29) is 5.91 Å². The van der Waals surface area contributed by atoms with Crippen LogP contribution in [0.4, 0.5) is 0 Å². The van der Waals surface area contributed by atoms with Crippen molar-refractivity contribution in [1.29, 1.82) is 0 Å². The van der Waals surface area contributed by atoms with E-state index in [0.717, 1.165) is 12.3 Å². The SMILES string of the molecule is CCCC(=O)NC(C)C1CCC1. The third-order valence-electron chi connectivity index (χ3n) is 2.72. The van der Waals surface area contributed by atoms with Gasteiger partial charge in [0.2, 0.25) is 5.91 Å². The van der Waals surface area contributed by atoms with Gasteiger partial charge in [0.25, 0.3) is 0 Å². The quantitative estimate of drug-likeness (QED) is 0.686. The molecule has 0 radical (unpaired) electrons. The zero-order chi connectivity index (χ0) is 8.97. The van der Waals surface area contributed by atoms with Gasteiger partial charge >= 0.3 is 0 Å². The Hall–Kier alpha value is -0.530. The molecule has 1 unspecified atom stereocenters. The minimum atomic E-state index is 0.219. The molecule has 1 aliphatic rings. The minimum Gasteiger partial charge on any atom is -0.353 e. The van der Waals surface area contributed by atoms with Crippen molar-refractivity contribution in [2.45, 2.75) is 52.0 Å². The van der Waals surface area contributed by atoms with Crippen LogP contribution in [0.25, 0.3) is 0 Å². The molecule has 0 aromatic carbocycles. The number of carbonyl (C=O) groups is 1. The van der Waals surface area contributed by atoms with Crippen LogP contribution in [0.2, 0.25) is 0 Å². The third-order valence-corrected chi connectivity index (χ3v) is 2.72. The molecule has 12 heavy (non-hydrogen) atoms. The van der Waals surface area contributed by atoms with Crippen LogP contribution in [0.3, 0.4) is 0 Å². The Morgan fingerprint density at radius 3 is 2.67 bits per heavy atom. The predicted molar refractivity (Wildman–Crippen MR) is 49.9 cm³/mol. The van der Waals surface area contributed by atoms with Gasteiger partial charge in [-0.25, -0.2) is 0 Å². The largest absolute Gasteiger partial charge is 0.353 e. The van der Waals surface area contributed by atoms with Gasteiger partial charge in [-0.15, -0.1) is 0 Å². The van der Waals surface area contributed by atoms with Crippen molar-refractivity contribution in [1.82, 2.24) is 5.32 Å². The molecule has 0 aliphatic heterocycles. The van der Waals surface area contributed by atoms with Crippen molar-refractivity contribution in [3.8, 4) is 0 Å². The molecular weight excluding hydrogens is 150 g/mol. The van der Waals surface area contributed by atoms with Crippen LogP contribution in [0.1, 0.15) is 46.0 Å². The van der Waals surface area contributed by atoms with E-state index >= 15 is 0 Å². The van der Waals surface area contributed by atoms with Crippen LogP contribution < -0.4 is 5.32 Å². The van der Waals surface area contributed by atoms with E-state index in [9.17, 15) is 4.79 Å². The summed E-state index contributed by atoms with van der Waals surface area (Å²) >= 11 is 0. The number of carbonyl (C=O) groups excluding carboxylic acids is 1. The molecule has 0 aromatic rings. The van der Waals surface area contributed by atoms with E-state index in [1.165, 1.54) is 19.3 Å². The Labute approximate surface area is 74.7 Å². The zero-order valence-corrected chi connectivity index (χ0v) is 8.10. The summed E-state index contributed by atoms with van der Waals surface area (Å²) in [7, 11) is 0. The minimum absolute atomic E-state index is 0.219. The molecule has 0 aromatic heterocycles. The van der Waals surface area contributed by atoms with E-state index < -0.39 is 0 Å². The van der Waals surface area contributed by atoms with Gasteiger partial charge in [0.1, 0.15) is 0 Å². The zero-order valence-electron chi connectivity index (χ0n) is 8.10. The normalized spacial score (nSPS) is 19.8. The maximum atomic E-state index is 11.2. The number of hydrogen-bond donors (Lipinski definition) is 1. The molecule has 0 heterocycles. The summed E-state index contributed by atoms with van der Waals surface area (Å²) in [5, 5.41) is 3.04. The number of rotatable bonds is 4. The van der Waals surface area contributed by atoms with Crippen LogP contribution in [0, 0.1) is 5.92 Å². The molecular formula is C10H19NO. The molecule has 1 aliphatic carbocycles. The second kappa shape index (κ2) is 4.48. The van der Waals surface area contributed by atoms with Crippen molar-refractivity contribution in [2.75, 3.05) is 0 Å². The lowest BCUT2D eigenvalue weighted by atomic mass is 9.80. The molecule has 70 valence electrons. The smallest absolute Gasteiger partial charge is 0.220 e. The summed E-state index contributed by atoms with van der Waals surface area (Å²) in [5.74, 6) is 0.975. The Morgan fingerprint density at radius 2 is 2.25 bits per heavy atom. The Kier molecular flexibility index (Phi) is 3.57. The lowest BCUT2D eigenvalue weighted by molar-refractivity contribution is -0.122. The average molecular weight is 169 g/mol. The molecule has 2 nitrogen and oxygen atoms in total. The van der Waals surface area contributed by atoms with Gasteiger partial charge < -0.3 is 5.32 Å². The summed E-state index contributed by atoms with van der Waals surface area (Å²) in [6.07, 6.45) is 5.57. The van der Waals surface area contributed by atoms with Crippen LogP contribution in [0.15, 0.2) is 0 Å². The van der Waals surface area contributed by atoms with E-state index in [4.69, 9.17) is 0 Å². The first-order valence-corrected chi connectivity index (χ1v) is 5.03. The fourth-order valence-electron chi connectivity index (χ4n) is 1.61. The van der Waals surface area contributed by atoms with Crippen molar-refractivity contribution in [2.24, 2.45) is 5.92 Å². The first-order valence-electron chi connectivity index (χ1n) is 5.03. The summed E-state index contributed by atoms with van der Waals surface area (Å²) in [6.45, 7) is 4.16. The van der Waals surface area contributed by atoms with Gasteiger partial charge in [-0.1, -0.05) is 13.3 Å². The Morgan fingerprint density at radius 1 is 1.58 bits per heavy atom. The van der Waals surface area contributed by atoms with Crippen molar-refractivity contribution < 1.29 is 4.79 Å². The van der Waals surface area contributed by atoms with Gasteiger partial charge in [-0.05, 0) is 32.1 Å². The molecule has 1 rings (SSSR count). The summed E-state index contributed by atoms with van der Waals surface area (Å²) in [5.41, 5.74) is 0. The highest BCUT2D eigenvalue weighted by molar-refractivity contribution is 5.76. The first-order chi connectivity index (χ1) is 5.74. The second-order valence-corrected chi connectivity index (χ2v) is 3.80. The van der Waals surface area contributed by atoms with Crippen LogP contribution in [-0.2, 0) is 4.79 Å². The van der Waals surface area contributed by atoms with Crippen LogP contribution in [-0.4, -0.2) is 11.9 Å². The maximum Gasteiger partial charge on any atom is 0.220 e. The van der Waals surface area contributed by atoms with Gasteiger partial charge in [0, 0.05) is 12.5 Å². The molecule has 1 atom stereocenters. The highest BCUT2D eigenvalue weighted by Gasteiger charge is 2.24. The summed E-state index contributed by atoms with van der Waals surface area (Å²) < 4.78 is 0. The number of amides is 1. The molecule has 0 saturated heterocycles. The maximum absolute atomic E-state index is 11.2. The first kappa shape index (κ1) is 9.56. The van der Waals surface area contributed by atoms with Crippen molar-refractivity contribution in [3.05, 3.63) is 0 Å². The number of nitrogens with one attached hydrogen (secondary N) is 1. The summed E-state index contributed by atoms with van der Waals surface area (Å²) in [4.78, 5) is 11.2. The predicted octanol–water partition coefficient (Wildman–Crippen LogP) is 2.09. The Balaban J connectivity index is 2.15. The van der Waals surface area contributed by atoms with Gasteiger partial charge in [-0.2, -0.15) is 0 Å². The van der Waals surface area contributed by atoms with Gasteiger partial charge in [-0.3, -0.25) is 4.79 Å². The molecule has 0 spiro atoms. The molecule has 1 saturated carbocycles. The highest BCUT2D eigenvalue weighted by Crippen LogP contribution is 2.29. The van der Waals surface area contributed by atoms with Crippen LogP contribution >= 0.6 is 0 Å². The van der Waals surface area contributed by atoms with Gasteiger partial charge in [0.05, 0.1) is 0 Å². The van der Waals surface area contributed by atoms with E-state index in [1.54, 1.807) is 0 Å². The fourth-order valence-corrected chi connectivity index (χ4v) is 1.61. The topological polar surface area (TPSA) is 29.1 Å². The van der Waals surface area contributed by atoms with Crippen molar-refractivity contribution in [3.63, 3.8) is 0 Å². The van der Waals surface area contributed by atoms with E-state index in [2.05, 4.69) is 12.2 Å². The molecule has 1 amide bonds. The average Bonchev–Trinajstić information content (AvgIpc) is 1.82. The second-order valence-electron chi connectivity index (χ2n) is 3.80. The Bertz CT molecular complexity index is 152. The monoisotopic (exact) mass is 169 g/mol. The molecule has 1 N–H and O–H groups in total.